The van der Waals surface area contributed by atoms with Gasteiger partial charge in [-0.05, 0) is 48.0 Å². The summed E-state index contributed by atoms with van der Waals surface area (Å²) in [5.41, 5.74) is 4.05. The van der Waals surface area contributed by atoms with E-state index in [0.717, 1.165) is 32.7 Å². The number of nitrogens with zero attached hydrogens (tertiary/aromatic N) is 1. The molecule has 1 heterocycles. The summed E-state index contributed by atoms with van der Waals surface area (Å²) in [5.74, 6) is 0.895. The summed E-state index contributed by atoms with van der Waals surface area (Å²) in [4.78, 5) is 4.46. The molecule has 0 aliphatic rings. The zero-order valence-electron chi connectivity index (χ0n) is 11.6. The minimum absolute atomic E-state index is 0.628. The van der Waals surface area contributed by atoms with Crippen molar-refractivity contribution in [2.75, 3.05) is 12.4 Å². The van der Waals surface area contributed by atoms with Gasteiger partial charge in [0.15, 0.2) is 0 Å². The number of ether oxygens (including phenoxy) is 1. The second kappa shape index (κ2) is 6.46. The zero-order chi connectivity index (χ0) is 14.7. The first-order valence-corrected chi connectivity index (χ1v) is 7.38. The first-order valence-electron chi connectivity index (χ1n) is 6.21. The summed E-state index contributed by atoms with van der Waals surface area (Å²) in [5, 5.41) is 4.05. The van der Waals surface area contributed by atoms with E-state index >= 15 is 0 Å². The van der Waals surface area contributed by atoms with Gasteiger partial charge in [0.1, 0.15) is 5.75 Å². The maximum atomic E-state index is 5.93. The van der Waals surface area contributed by atoms with Crippen LogP contribution in [0.5, 0.6) is 5.75 Å². The van der Waals surface area contributed by atoms with E-state index in [9.17, 15) is 0 Å². The average Bonchev–Trinajstić information content (AvgIpc) is 2.40. The number of halogens is 2. The van der Waals surface area contributed by atoms with Crippen LogP contribution in [0.4, 0.5) is 5.69 Å². The number of rotatable bonds is 4. The Kier molecular flexibility index (Phi) is 4.89. The molecule has 3 nitrogen and oxygen atoms in total. The van der Waals surface area contributed by atoms with Crippen LogP contribution >= 0.6 is 27.5 Å². The van der Waals surface area contributed by atoms with Crippen molar-refractivity contribution in [1.29, 1.82) is 0 Å². The lowest BCUT2D eigenvalue weighted by Crippen LogP contribution is -2.06. The van der Waals surface area contributed by atoms with Crippen molar-refractivity contribution in [1.82, 2.24) is 4.98 Å². The third-order valence-electron chi connectivity index (χ3n) is 3.13. The van der Waals surface area contributed by atoms with Gasteiger partial charge in [0.25, 0.3) is 0 Å². The molecule has 1 N–H and O–H groups in total. The van der Waals surface area contributed by atoms with Gasteiger partial charge in [0.2, 0.25) is 0 Å². The van der Waals surface area contributed by atoms with E-state index in [0.29, 0.717) is 11.6 Å². The van der Waals surface area contributed by atoms with Gasteiger partial charge in [-0.2, -0.15) is 0 Å². The van der Waals surface area contributed by atoms with Crippen molar-refractivity contribution in [2.45, 2.75) is 20.4 Å². The van der Waals surface area contributed by atoms with Crippen LogP contribution in [0.3, 0.4) is 0 Å². The quantitative estimate of drug-likeness (QED) is 0.860. The molecule has 0 bridgehead atoms. The van der Waals surface area contributed by atoms with E-state index in [-0.39, 0.29) is 0 Å². The Morgan fingerprint density at radius 3 is 2.75 bits per heavy atom. The normalized spacial score (nSPS) is 10.4. The fourth-order valence-corrected chi connectivity index (χ4v) is 2.88. The van der Waals surface area contributed by atoms with Gasteiger partial charge >= 0.3 is 0 Å². The second-order valence-electron chi connectivity index (χ2n) is 4.52. The molecule has 0 spiro atoms. The summed E-state index contributed by atoms with van der Waals surface area (Å²) in [7, 11) is 1.68. The van der Waals surface area contributed by atoms with Crippen LogP contribution in [-0.2, 0) is 6.54 Å². The second-order valence-corrected chi connectivity index (χ2v) is 5.81. The summed E-state index contributed by atoms with van der Waals surface area (Å²) < 4.78 is 6.35. The van der Waals surface area contributed by atoms with Crippen molar-refractivity contribution in [3.63, 3.8) is 0 Å². The van der Waals surface area contributed by atoms with Crippen molar-refractivity contribution >= 4 is 33.2 Å². The Hall–Kier alpha value is -1.26. The third-order valence-corrected chi connectivity index (χ3v) is 4.02. The van der Waals surface area contributed by atoms with Gasteiger partial charge < -0.3 is 10.1 Å². The summed E-state index contributed by atoms with van der Waals surface area (Å²) >= 11 is 9.42. The molecule has 0 fully saturated rings. The molecule has 0 amide bonds. The zero-order valence-corrected chi connectivity index (χ0v) is 14.0. The predicted molar refractivity (Wildman–Crippen MR) is 86.7 cm³/mol. The lowest BCUT2D eigenvalue weighted by molar-refractivity contribution is 0.407. The van der Waals surface area contributed by atoms with Crippen LogP contribution in [-0.4, -0.2) is 12.1 Å². The van der Waals surface area contributed by atoms with Crippen LogP contribution in [0.25, 0.3) is 0 Å². The number of methoxy groups -OCH3 is 1. The van der Waals surface area contributed by atoms with E-state index < -0.39 is 0 Å². The van der Waals surface area contributed by atoms with Crippen molar-refractivity contribution in [2.24, 2.45) is 0 Å². The number of anilines is 1. The topological polar surface area (TPSA) is 34.1 Å². The minimum atomic E-state index is 0.628. The monoisotopic (exact) mass is 354 g/mol. The molecule has 1 aromatic carbocycles. The van der Waals surface area contributed by atoms with E-state index in [1.807, 2.05) is 38.2 Å². The molecule has 0 atom stereocenters. The van der Waals surface area contributed by atoms with Crippen LogP contribution in [0.1, 0.15) is 16.8 Å². The summed E-state index contributed by atoms with van der Waals surface area (Å²) in [6, 6.07) is 5.65. The van der Waals surface area contributed by atoms with Gasteiger partial charge in [-0.15, -0.1) is 0 Å². The van der Waals surface area contributed by atoms with Crippen molar-refractivity contribution < 1.29 is 4.74 Å². The predicted octanol–water partition coefficient (Wildman–Crippen LogP) is 4.74. The number of pyridine rings is 1. The molecule has 20 heavy (non-hydrogen) atoms. The van der Waals surface area contributed by atoms with Crippen LogP contribution < -0.4 is 10.1 Å². The fraction of sp³-hybridized carbons (Fsp3) is 0.267. The SMILES string of the molecule is COc1c(C)cnc(CNc2ccc(Cl)cc2Br)c1C. The molecule has 0 saturated carbocycles. The molecule has 106 valence electrons. The van der Waals surface area contributed by atoms with Crippen LogP contribution in [0.2, 0.25) is 5.02 Å². The summed E-state index contributed by atoms with van der Waals surface area (Å²) in [6.07, 6.45) is 1.83. The van der Waals surface area contributed by atoms with Crippen molar-refractivity contribution in [3.05, 3.63) is 50.7 Å². The van der Waals surface area contributed by atoms with E-state index in [1.54, 1.807) is 7.11 Å². The molecular weight excluding hydrogens is 340 g/mol. The van der Waals surface area contributed by atoms with Gasteiger partial charge in [0.05, 0.1) is 19.3 Å². The highest BCUT2D eigenvalue weighted by Gasteiger charge is 2.09. The largest absolute Gasteiger partial charge is 0.496 e. The lowest BCUT2D eigenvalue weighted by atomic mass is 10.1. The molecule has 1 aromatic heterocycles. The lowest BCUT2D eigenvalue weighted by Gasteiger charge is -2.14. The molecule has 2 aromatic rings. The number of aromatic nitrogens is 1. The first kappa shape index (κ1) is 15.1. The first-order chi connectivity index (χ1) is 9.52. The highest BCUT2D eigenvalue weighted by molar-refractivity contribution is 9.10. The van der Waals surface area contributed by atoms with Crippen molar-refractivity contribution in [3.8, 4) is 5.75 Å². The average molecular weight is 356 g/mol. The highest BCUT2D eigenvalue weighted by atomic mass is 79.9. The smallest absolute Gasteiger partial charge is 0.128 e. The Morgan fingerprint density at radius 1 is 1.35 bits per heavy atom. The third kappa shape index (κ3) is 3.25. The minimum Gasteiger partial charge on any atom is -0.496 e. The molecule has 0 aliphatic heterocycles. The molecule has 0 aliphatic carbocycles. The number of hydrogen-bond acceptors (Lipinski definition) is 3. The summed E-state index contributed by atoms with van der Waals surface area (Å²) in [6.45, 7) is 4.64. The van der Waals surface area contributed by atoms with Crippen LogP contribution in [0.15, 0.2) is 28.9 Å². The highest BCUT2D eigenvalue weighted by Crippen LogP contribution is 2.28. The maximum absolute atomic E-state index is 5.93. The number of benzene rings is 1. The van der Waals surface area contributed by atoms with E-state index in [1.165, 1.54) is 0 Å². The molecule has 0 saturated heterocycles. The molecule has 5 heteroatoms. The van der Waals surface area contributed by atoms with Gasteiger partial charge in [0, 0.05) is 32.5 Å². The molecular formula is C15H16BrClN2O. The van der Waals surface area contributed by atoms with E-state index in [4.69, 9.17) is 16.3 Å². The Morgan fingerprint density at radius 2 is 2.10 bits per heavy atom. The Labute approximate surface area is 132 Å². The Balaban J connectivity index is 2.19. The standard InChI is InChI=1S/C15H16BrClN2O/c1-9-7-18-14(10(2)15(9)20-3)8-19-13-5-4-11(17)6-12(13)16/h4-7,19H,8H2,1-3H3. The maximum Gasteiger partial charge on any atom is 0.128 e. The molecule has 2 rings (SSSR count). The van der Waals surface area contributed by atoms with Crippen LogP contribution in [0, 0.1) is 13.8 Å². The number of hydrogen-bond donors (Lipinski definition) is 1. The van der Waals surface area contributed by atoms with Gasteiger partial charge in [-0.25, -0.2) is 0 Å². The fourth-order valence-electron chi connectivity index (χ4n) is 2.06. The Bertz CT molecular complexity index is 632. The van der Waals surface area contributed by atoms with Gasteiger partial charge in [-0.3, -0.25) is 4.98 Å². The van der Waals surface area contributed by atoms with Gasteiger partial charge in [-0.1, -0.05) is 11.6 Å². The number of nitrogens with one attached hydrogen (secondary N) is 1. The van der Waals surface area contributed by atoms with E-state index in [2.05, 4.69) is 26.2 Å². The molecule has 0 unspecified atom stereocenters. The number of aryl methyl sites for hydroxylation is 1. The molecule has 0 radical (unpaired) electrons.